The molecule has 1 saturated heterocycles. The van der Waals surface area contributed by atoms with E-state index >= 15 is 0 Å². The molecule has 1 aromatic rings. The predicted octanol–water partition coefficient (Wildman–Crippen LogP) is 2.38. The minimum Gasteiger partial charge on any atom is -0.478 e. The number of amides is 1. The van der Waals surface area contributed by atoms with Crippen molar-refractivity contribution >= 4 is 29.3 Å². The largest absolute Gasteiger partial charge is 0.478 e. The molecule has 0 radical (unpaired) electrons. The smallest absolute Gasteiger partial charge is 0.337 e. The molecule has 0 aliphatic carbocycles. The van der Waals surface area contributed by atoms with E-state index in [-0.39, 0.29) is 17.4 Å². The van der Waals surface area contributed by atoms with Crippen molar-refractivity contribution in [2.45, 2.75) is 13.3 Å². The number of aryl methyl sites for hydroxylation is 1. The fourth-order valence-corrected chi connectivity index (χ4v) is 3.14. The maximum Gasteiger partial charge on any atom is 0.337 e. The number of hydrogen-bond acceptors (Lipinski definition) is 3. The topological polar surface area (TPSA) is 66.4 Å². The first-order chi connectivity index (χ1) is 8.58. The van der Waals surface area contributed by atoms with Crippen molar-refractivity contribution in [2.75, 3.05) is 16.8 Å². The normalized spacial score (nSPS) is 18.6. The van der Waals surface area contributed by atoms with E-state index in [2.05, 4.69) is 5.32 Å². The number of carbonyl (C=O) groups excluding carboxylic acids is 1. The summed E-state index contributed by atoms with van der Waals surface area (Å²) in [6.45, 7) is 1.83. The van der Waals surface area contributed by atoms with Crippen LogP contribution in [0.3, 0.4) is 0 Å². The van der Waals surface area contributed by atoms with E-state index in [1.165, 1.54) is 0 Å². The molecule has 1 unspecified atom stereocenters. The molecule has 1 fully saturated rings. The van der Waals surface area contributed by atoms with Crippen LogP contribution in [-0.4, -0.2) is 28.5 Å². The summed E-state index contributed by atoms with van der Waals surface area (Å²) in [5.74, 6) is 0.719. The van der Waals surface area contributed by atoms with E-state index in [1.807, 2.05) is 6.92 Å². The van der Waals surface area contributed by atoms with Crippen LogP contribution in [0.25, 0.3) is 0 Å². The Hall–Kier alpha value is -1.49. The molecule has 1 amide bonds. The number of nitrogens with one attached hydrogen (secondary N) is 1. The van der Waals surface area contributed by atoms with Gasteiger partial charge in [0.15, 0.2) is 0 Å². The van der Waals surface area contributed by atoms with Crippen molar-refractivity contribution in [1.82, 2.24) is 0 Å². The number of thioether (sulfide) groups is 1. The molecule has 18 heavy (non-hydrogen) atoms. The van der Waals surface area contributed by atoms with Crippen LogP contribution in [0.4, 0.5) is 5.69 Å². The summed E-state index contributed by atoms with van der Waals surface area (Å²) in [6.07, 6.45) is 0.866. The minimum atomic E-state index is -1.02. The first-order valence-corrected chi connectivity index (χ1v) is 6.96. The lowest BCUT2D eigenvalue weighted by Crippen LogP contribution is -2.23. The standard InChI is InChI=1S/C13H15NO3S/c1-8-2-3-11(10(6-8)13(16)17)14-12(15)9-4-5-18-7-9/h2-3,6,9H,4-5,7H2,1H3,(H,14,15)(H,16,17). The van der Waals surface area contributed by atoms with E-state index in [0.29, 0.717) is 5.69 Å². The zero-order valence-corrected chi connectivity index (χ0v) is 10.9. The van der Waals surface area contributed by atoms with Gasteiger partial charge in [-0.15, -0.1) is 0 Å². The quantitative estimate of drug-likeness (QED) is 0.880. The van der Waals surface area contributed by atoms with Crippen LogP contribution >= 0.6 is 11.8 Å². The maximum atomic E-state index is 12.0. The van der Waals surface area contributed by atoms with Crippen LogP contribution in [0.15, 0.2) is 18.2 Å². The summed E-state index contributed by atoms with van der Waals surface area (Å²) in [7, 11) is 0. The summed E-state index contributed by atoms with van der Waals surface area (Å²) in [5, 5.41) is 11.8. The van der Waals surface area contributed by atoms with Crippen LogP contribution in [-0.2, 0) is 4.79 Å². The van der Waals surface area contributed by atoms with Crippen LogP contribution < -0.4 is 5.32 Å². The van der Waals surface area contributed by atoms with Gasteiger partial charge in [-0.1, -0.05) is 11.6 Å². The molecule has 96 valence electrons. The molecule has 1 heterocycles. The number of carbonyl (C=O) groups is 2. The number of carboxylic acid groups (broad SMARTS) is 1. The van der Waals surface area contributed by atoms with Gasteiger partial charge in [-0.25, -0.2) is 4.79 Å². The van der Waals surface area contributed by atoms with Crippen molar-refractivity contribution in [3.63, 3.8) is 0 Å². The Morgan fingerprint density at radius 1 is 1.44 bits per heavy atom. The molecule has 2 N–H and O–H groups in total. The van der Waals surface area contributed by atoms with Gasteiger partial charge in [0.05, 0.1) is 11.3 Å². The zero-order valence-electron chi connectivity index (χ0n) is 10.1. The lowest BCUT2D eigenvalue weighted by molar-refractivity contribution is -0.119. The molecule has 0 saturated carbocycles. The first-order valence-electron chi connectivity index (χ1n) is 5.80. The molecule has 1 aromatic carbocycles. The van der Waals surface area contributed by atoms with Gasteiger partial charge in [0, 0.05) is 11.7 Å². The molecule has 5 heteroatoms. The third-order valence-corrected chi connectivity index (χ3v) is 4.13. The van der Waals surface area contributed by atoms with Crippen LogP contribution in [0.5, 0.6) is 0 Å². The van der Waals surface area contributed by atoms with Gasteiger partial charge >= 0.3 is 5.97 Å². The van der Waals surface area contributed by atoms with Gasteiger partial charge in [0.1, 0.15) is 0 Å². The predicted molar refractivity (Wildman–Crippen MR) is 72.2 cm³/mol. The molecule has 1 aliphatic rings. The average Bonchev–Trinajstić information content (AvgIpc) is 2.84. The second kappa shape index (κ2) is 5.44. The Morgan fingerprint density at radius 3 is 2.83 bits per heavy atom. The molecule has 0 bridgehead atoms. The SMILES string of the molecule is Cc1ccc(NC(=O)C2CCSC2)c(C(=O)O)c1. The second-order valence-corrected chi connectivity index (χ2v) is 5.55. The molecule has 0 spiro atoms. The van der Waals surface area contributed by atoms with Crippen molar-refractivity contribution in [3.8, 4) is 0 Å². The van der Waals surface area contributed by atoms with Crippen molar-refractivity contribution in [1.29, 1.82) is 0 Å². The monoisotopic (exact) mass is 265 g/mol. The summed E-state index contributed by atoms with van der Waals surface area (Å²) in [6, 6.07) is 5.02. The van der Waals surface area contributed by atoms with E-state index < -0.39 is 5.97 Å². The van der Waals surface area contributed by atoms with Gasteiger partial charge in [0.2, 0.25) is 5.91 Å². The fraction of sp³-hybridized carbons (Fsp3) is 0.385. The van der Waals surface area contributed by atoms with E-state index in [4.69, 9.17) is 5.11 Å². The molecule has 4 nitrogen and oxygen atoms in total. The van der Waals surface area contributed by atoms with Crippen LogP contribution in [0, 0.1) is 12.8 Å². The Kier molecular flexibility index (Phi) is 3.91. The highest BCUT2D eigenvalue weighted by Crippen LogP contribution is 2.25. The minimum absolute atomic E-state index is 0.00190. The highest BCUT2D eigenvalue weighted by atomic mass is 32.2. The highest BCUT2D eigenvalue weighted by molar-refractivity contribution is 7.99. The van der Waals surface area contributed by atoms with E-state index in [0.717, 1.165) is 23.5 Å². The lowest BCUT2D eigenvalue weighted by atomic mass is 10.1. The number of carboxylic acids is 1. The molecule has 1 aliphatic heterocycles. The van der Waals surface area contributed by atoms with Gasteiger partial charge < -0.3 is 10.4 Å². The second-order valence-electron chi connectivity index (χ2n) is 4.40. The number of rotatable bonds is 3. The van der Waals surface area contributed by atoms with Gasteiger partial charge in [-0.2, -0.15) is 11.8 Å². The highest BCUT2D eigenvalue weighted by Gasteiger charge is 2.24. The van der Waals surface area contributed by atoms with E-state index in [1.54, 1.807) is 30.0 Å². The average molecular weight is 265 g/mol. The van der Waals surface area contributed by atoms with Gasteiger partial charge in [-0.3, -0.25) is 4.79 Å². The third-order valence-electron chi connectivity index (χ3n) is 2.96. The molecular weight excluding hydrogens is 250 g/mol. The lowest BCUT2D eigenvalue weighted by Gasteiger charge is -2.12. The summed E-state index contributed by atoms with van der Waals surface area (Å²) in [5.41, 5.74) is 1.39. The molecule has 1 atom stereocenters. The molecular formula is C13H15NO3S. The van der Waals surface area contributed by atoms with Crippen LogP contribution in [0.1, 0.15) is 22.3 Å². The Bertz CT molecular complexity index is 481. The molecule has 0 aromatic heterocycles. The van der Waals surface area contributed by atoms with Crippen molar-refractivity contribution in [2.24, 2.45) is 5.92 Å². The number of benzene rings is 1. The van der Waals surface area contributed by atoms with Gasteiger partial charge in [-0.05, 0) is 31.2 Å². The summed E-state index contributed by atoms with van der Waals surface area (Å²) in [4.78, 5) is 23.1. The Labute approximate surface area is 110 Å². The summed E-state index contributed by atoms with van der Waals surface area (Å²) < 4.78 is 0. The Morgan fingerprint density at radius 2 is 2.22 bits per heavy atom. The first kappa shape index (κ1) is 13.0. The zero-order chi connectivity index (χ0) is 13.1. The fourth-order valence-electron chi connectivity index (χ4n) is 1.92. The number of anilines is 1. The maximum absolute atomic E-state index is 12.0. The number of hydrogen-bond donors (Lipinski definition) is 2. The molecule has 2 rings (SSSR count). The number of aromatic carboxylic acids is 1. The van der Waals surface area contributed by atoms with Crippen LogP contribution in [0.2, 0.25) is 0 Å². The third kappa shape index (κ3) is 2.85. The summed E-state index contributed by atoms with van der Waals surface area (Å²) >= 11 is 1.76. The van der Waals surface area contributed by atoms with Crippen molar-refractivity contribution < 1.29 is 14.7 Å². The van der Waals surface area contributed by atoms with Gasteiger partial charge in [0.25, 0.3) is 0 Å². The Balaban J connectivity index is 2.17. The van der Waals surface area contributed by atoms with E-state index in [9.17, 15) is 9.59 Å². The van der Waals surface area contributed by atoms with Crippen molar-refractivity contribution in [3.05, 3.63) is 29.3 Å².